The van der Waals surface area contributed by atoms with E-state index in [0.29, 0.717) is 54.9 Å². The fourth-order valence-corrected chi connectivity index (χ4v) is 5.94. The summed E-state index contributed by atoms with van der Waals surface area (Å²) in [5, 5.41) is 0.649. The molecule has 0 atom stereocenters. The van der Waals surface area contributed by atoms with Gasteiger partial charge in [0.15, 0.2) is 5.16 Å². The topological polar surface area (TPSA) is 52.6 Å². The van der Waals surface area contributed by atoms with E-state index < -0.39 is 11.7 Å². The number of carbonyl (C=O) groups is 1. The number of rotatable bonds is 8. The van der Waals surface area contributed by atoms with Crippen molar-refractivity contribution in [1.29, 1.82) is 0 Å². The van der Waals surface area contributed by atoms with Gasteiger partial charge in [0.1, 0.15) is 5.82 Å². The SMILES string of the molecule is Cc1nc(SCc2cccc(C(=O)N(C)Cc3ccccc3)c2)nc(N2CCN(c3cccc(C(F)(F)F)c3)CC2)c1C. The third-order valence-electron chi connectivity index (χ3n) is 7.61. The van der Waals surface area contributed by atoms with E-state index >= 15 is 0 Å². The molecule has 10 heteroatoms. The highest BCUT2D eigenvalue weighted by Gasteiger charge is 2.31. The van der Waals surface area contributed by atoms with Crippen LogP contribution >= 0.6 is 11.8 Å². The van der Waals surface area contributed by atoms with E-state index in [0.717, 1.165) is 34.3 Å². The number of nitrogens with zero attached hydrogens (tertiary/aromatic N) is 5. The predicted octanol–water partition coefficient (Wildman–Crippen LogP) is 7.00. The van der Waals surface area contributed by atoms with E-state index in [4.69, 9.17) is 9.97 Å². The number of halogens is 3. The zero-order valence-electron chi connectivity index (χ0n) is 24.4. The molecule has 0 unspecified atom stereocenters. The van der Waals surface area contributed by atoms with Crippen molar-refractivity contribution >= 4 is 29.2 Å². The first kappa shape index (κ1) is 30.4. The summed E-state index contributed by atoms with van der Waals surface area (Å²) in [5.41, 5.74) is 4.53. The van der Waals surface area contributed by atoms with Crippen LogP contribution in [0.25, 0.3) is 0 Å². The van der Waals surface area contributed by atoms with Gasteiger partial charge < -0.3 is 14.7 Å². The van der Waals surface area contributed by atoms with Crippen molar-refractivity contribution in [2.45, 2.75) is 37.5 Å². The number of benzene rings is 3. The number of hydrogen-bond acceptors (Lipinski definition) is 6. The second-order valence-corrected chi connectivity index (χ2v) is 11.6. The standard InChI is InChI=1S/C33H34F3N5OS/c1-23-24(2)37-32(38-30(23)41-17-15-40(16-18-41)29-14-8-13-28(20-29)33(34,35)36)43-22-26-11-7-12-27(19-26)31(42)39(3)21-25-9-5-4-6-10-25/h4-14,19-20H,15-18,21-22H2,1-3H3. The molecule has 0 aliphatic carbocycles. The quantitative estimate of drug-likeness (QED) is 0.159. The number of thioether (sulfide) groups is 1. The van der Waals surface area contributed by atoms with Gasteiger partial charge >= 0.3 is 6.18 Å². The van der Waals surface area contributed by atoms with E-state index in [2.05, 4.69) is 4.90 Å². The maximum Gasteiger partial charge on any atom is 0.416 e. The van der Waals surface area contributed by atoms with Crippen molar-refractivity contribution in [3.8, 4) is 0 Å². The molecule has 1 aliphatic heterocycles. The Morgan fingerprint density at radius 2 is 1.53 bits per heavy atom. The first-order valence-electron chi connectivity index (χ1n) is 14.1. The molecule has 3 aromatic carbocycles. The zero-order valence-corrected chi connectivity index (χ0v) is 25.3. The Morgan fingerprint density at radius 1 is 0.860 bits per heavy atom. The second-order valence-electron chi connectivity index (χ2n) is 10.7. The molecule has 43 heavy (non-hydrogen) atoms. The molecule has 2 heterocycles. The summed E-state index contributed by atoms with van der Waals surface area (Å²) in [5.74, 6) is 1.42. The Hall–Kier alpha value is -4.05. The fraction of sp³-hybridized carbons (Fsp3) is 0.303. The lowest BCUT2D eigenvalue weighted by Crippen LogP contribution is -2.47. The molecule has 1 saturated heterocycles. The molecule has 6 nitrogen and oxygen atoms in total. The molecule has 1 aliphatic rings. The van der Waals surface area contributed by atoms with Crippen molar-refractivity contribution < 1.29 is 18.0 Å². The van der Waals surface area contributed by atoms with Crippen LogP contribution in [0.3, 0.4) is 0 Å². The van der Waals surface area contributed by atoms with Crippen LogP contribution in [-0.2, 0) is 18.5 Å². The minimum atomic E-state index is -4.36. The van der Waals surface area contributed by atoms with Gasteiger partial charge in [-0.05, 0) is 55.3 Å². The molecule has 224 valence electrons. The number of anilines is 2. The number of hydrogen-bond donors (Lipinski definition) is 0. The van der Waals surface area contributed by atoms with Gasteiger partial charge in [-0.15, -0.1) is 0 Å². The Bertz CT molecular complexity index is 1570. The van der Waals surface area contributed by atoms with Gasteiger partial charge in [0.05, 0.1) is 5.56 Å². The maximum absolute atomic E-state index is 13.2. The van der Waals surface area contributed by atoms with Crippen LogP contribution in [0.4, 0.5) is 24.7 Å². The molecule has 0 bridgehead atoms. The molecular formula is C33H34F3N5OS. The van der Waals surface area contributed by atoms with E-state index in [1.807, 2.05) is 73.3 Å². The third kappa shape index (κ3) is 7.48. The average Bonchev–Trinajstić information content (AvgIpc) is 3.01. The van der Waals surface area contributed by atoms with Crippen LogP contribution in [0, 0.1) is 13.8 Å². The van der Waals surface area contributed by atoms with E-state index in [1.165, 1.54) is 23.9 Å². The summed E-state index contributed by atoms with van der Waals surface area (Å²) < 4.78 is 39.6. The maximum atomic E-state index is 13.2. The highest BCUT2D eigenvalue weighted by atomic mass is 32.2. The Morgan fingerprint density at radius 3 is 2.26 bits per heavy atom. The Kier molecular flexibility index (Phi) is 9.25. The lowest BCUT2D eigenvalue weighted by molar-refractivity contribution is -0.137. The van der Waals surface area contributed by atoms with E-state index in [9.17, 15) is 18.0 Å². The van der Waals surface area contributed by atoms with Crippen molar-refractivity contribution in [1.82, 2.24) is 14.9 Å². The molecule has 0 radical (unpaired) electrons. The number of piperazine rings is 1. The fourth-order valence-electron chi connectivity index (χ4n) is 5.11. The lowest BCUT2D eigenvalue weighted by Gasteiger charge is -2.37. The number of carbonyl (C=O) groups excluding carboxylic acids is 1. The minimum Gasteiger partial charge on any atom is -0.368 e. The molecule has 0 saturated carbocycles. The van der Waals surface area contributed by atoms with Gasteiger partial charge in [-0.3, -0.25) is 4.79 Å². The second kappa shape index (κ2) is 13.1. The molecule has 1 aromatic heterocycles. The zero-order chi connectivity index (χ0) is 30.6. The summed E-state index contributed by atoms with van der Waals surface area (Å²) in [6, 6.07) is 23.1. The molecule has 1 fully saturated rings. The van der Waals surface area contributed by atoms with Crippen molar-refractivity contribution in [2.75, 3.05) is 43.0 Å². The normalized spacial score (nSPS) is 13.7. The molecular weight excluding hydrogens is 571 g/mol. The van der Waals surface area contributed by atoms with Crippen LogP contribution < -0.4 is 9.80 Å². The molecule has 0 spiro atoms. The number of amides is 1. The molecule has 1 amide bonds. The highest BCUT2D eigenvalue weighted by Crippen LogP contribution is 2.33. The largest absolute Gasteiger partial charge is 0.416 e. The van der Waals surface area contributed by atoms with Crippen molar-refractivity contribution in [2.24, 2.45) is 0 Å². The number of aryl methyl sites for hydroxylation is 1. The van der Waals surface area contributed by atoms with Gasteiger partial charge in [0.2, 0.25) is 0 Å². The molecule has 4 aromatic rings. The van der Waals surface area contributed by atoms with Crippen LogP contribution in [0.2, 0.25) is 0 Å². The van der Waals surface area contributed by atoms with Crippen LogP contribution in [0.1, 0.15) is 38.3 Å². The van der Waals surface area contributed by atoms with Crippen molar-refractivity contribution in [3.63, 3.8) is 0 Å². The van der Waals surface area contributed by atoms with Crippen LogP contribution in [-0.4, -0.2) is 54.0 Å². The first-order valence-corrected chi connectivity index (χ1v) is 15.1. The summed E-state index contributed by atoms with van der Waals surface area (Å²) in [4.78, 5) is 28.6. The summed E-state index contributed by atoms with van der Waals surface area (Å²) in [7, 11) is 1.81. The summed E-state index contributed by atoms with van der Waals surface area (Å²) in [6.45, 7) is 6.95. The average molecular weight is 606 g/mol. The third-order valence-corrected chi connectivity index (χ3v) is 8.53. The first-order chi connectivity index (χ1) is 20.6. The number of alkyl halides is 3. The smallest absolute Gasteiger partial charge is 0.368 e. The Balaban J connectivity index is 1.23. The number of aromatic nitrogens is 2. The van der Waals surface area contributed by atoms with Crippen LogP contribution in [0.15, 0.2) is 84.0 Å². The van der Waals surface area contributed by atoms with Gasteiger partial charge in [-0.1, -0.05) is 60.3 Å². The predicted molar refractivity (Wildman–Crippen MR) is 166 cm³/mol. The van der Waals surface area contributed by atoms with E-state index in [-0.39, 0.29) is 5.91 Å². The minimum absolute atomic E-state index is 0.0373. The van der Waals surface area contributed by atoms with E-state index in [1.54, 1.807) is 18.0 Å². The van der Waals surface area contributed by atoms with Gasteiger partial charge in [0, 0.05) is 68.0 Å². The van der Waals surface area contributed by atoms with Gasteiger partial charge in [0.25, 0.3) is 5.91 Å². The summed E-state index contributed by atoms with van der Waals surface area (Å²) >= 11 is 1.52. The Labute approximate surface area is 254 Å². The van der Waals surface area contributed by atoms with Gasteiger partial charge in [-0.2, -0.15) is 13.2 Å². The lowest BCUT2D eigenvalue weighted by atomic mass is 10.1. The van der Waals surface area contributed by atoms with Crippen molar-refractivity contribution in [3.05, 3.63) is 112 Å². The molecule has 5 rings (SSSR count). The monoisotopic (exact) mass is 605 g/mol. The summed E-state index contributed by atoms with van der Waals surface area (Å²) in [6.07, 6.45) is -4.36. The molecule has 0 N–H and O–H groups in total. The van der Waals surface area contributed by atoms with Gasteiger partial charge in [-0.25, -0.2) is 9.97 Å². The highest BCUT2D eigenvalue weighted by molar-refractivity contribution is 7.98. The van der Waals surface area contributed by atoms with Crippen LogP contribution in [0.5, 0.6) is 0 Å².